The predicted octanol–water partition coefficient (Wildman–Crippen LogP) is 0.562. The third-order valence-electron chi connectivity index (χ3n) is 2.78. The van der Waals surface area contributed by atoms with E-state index in [1.807, 2.05) is 5.38 Å². The standard InChI is InChI=1S/C10H17N3O2S2/c14-17(15,8-9-2-1-3-11-6-9)13-7-10-12-4-5-16-10/h4-5,9,11,13H,1-3,6-8H2. The van der Waals surface area contributed by atoms with Crippen molar-refractivity contribution in [3.8, 4) is 0 Å². The molecule has 1 aliphatic rings. The van der Waals surface area contributed by atoms with E-state index >= 15 is 0 Å². The second-order valence-electron chi connectivity index (χ2n) is 4.24. The lowest BCUT2D eigenvalue weighted by Gasteiger charge is -2.22. The largest absolute Gasteiger partial charge is 0.316 e. The summed E-state index contributed by atoms with van der Waals surface area (Å²) in [5.74, 6) is 0.448. The number of piperidine rings is 1. The lowest BCUT2D eigenvalue weighted by Crippen LogP contribution is -2.37. The zero-order valence-electron chi connectivity index (χ0n) is 9.55. The molecule has 0 bridgehead atoms. The zero-order chi connectivity index (χ0) is 12.1. The molecule has 1 saturated heterocycles. The highest BCUT2D eigenvalue weighted by Gasteiger charge is 2.20. The van der Waals surface area contributed by atoms with Crippen LogP contribution < -0.4 is 10.0 Å². The molecule has 1 fully saturated rings. The molecule has 1 unspecified atom stereocenters. The Labute approximate surface area is 106 Å². The second kappa shape index (κ2) is 5.90. The average molecular weight is 275 g/mol. The van der Waals surface area contributed by atoms with Crippen molar-refractivity contribution in [2.45, 2.75) is 19.4 Å². The van der Waals surface area contributed by atoms with E-state index in [2.05, 4.69) is 15.0 Å². The van der Waals surface area contributed by atoms with Crippen molar-refractivity contribution < 1.29 is 8.42 Å². The van der Waals surface area contributed by atoms with Gasteiger partial charge in [-0.15, -0.1) is 11.3 Å². The number of hydrogen-bond donors (Lipinski definition) is 2. The summed E-state index contributed by atoms with van der Waals surface area (Å²) in [6, 6.07) is 0. The Kier molecular flexibility index (Phi) is 4.49. The van der Waals surface area contributed by atoms with Gasteiger partial charge in [0.25, 0.3) is 0 Å². The van der Waals surface area contributed by atoms with Crippen LogP contribution in [0.2, 0.25) is 0 Å². The van der Waals surface area contributed by atoms with E-state index in [-0.39, 0.29) is 11.7 Å². The van der Waals surface area contributed by atoms with E-state index in [4.69, 9.17) is 0 Å². The molecule has 1 aromatic heterocycles. The maximum absolute atomic E-state index is 11.8. The van der Waals surface area contributed by atoms with E-state index in [0.29, 0.717) is 6.54 Å². The number of rotatable bonds is 5. The third kappa shape index (κ3) is 4.34. The van der Waals surface area contributed by atoms with Crippen LogP contribution in [-0.2, 0) is 16.6 Å². The van der Waals surface area contributed by atoms with Gasteiger partial charge >= 0.3 is 0 Å². The van der Waals surface area contributed by atoms with Crippen molar-refractivity contribution >= 4 is 21.4 Å². The summed E-state index contributed by atoms with van der Waals surface area (Å²) < 4.78 is 26.3. The maximum Gasteiger partial charge on any atom is 0.212 e. The van der Waals surface area contributed by atoms with Crippen molar-refractivity contribution in [1.82, 2.24) is 15.0 Å². The van der Waals surface area contributed by atoms with Crippen molar-refractivity contribution in [1.29, 1.82) is 0 Å². The molecule has 2 heterocycles. The molecule has 0 aliphatic carbocycles. The number of nitrogens with one attached hydrogen (secondary N) is 2. The molecular weight excluding hydrogens is 258 g/mol. The van der Waals surface area contributed by atoms with Gasteiger partial charge in [0.15, 0.2) is 0 Å². The Morgan fingerprint density at radius 1 is 1.59 bits per heavy atom. The maximum atomic E-state index is 11.8. The van der Waals surface area contributed by atoms with Gasteiger partial charge in [-0.25, -0.2) is 18.1 Å². The van der Waals surface area contributed by atoms with Crippen LogP contribution in [0.25, 0.3) is 0 Å². The number of nitrogens with zero attached hydrogens (tertiary/aromatic N) is 1. The molecule has 1 aliphatic heterocycles. The first-order chi connectivity index (χ1) is 8.16. The fraction of sp³-hybridized carbons (Fsp3) is 0.700. The van der Waals surface area contributed by atoms with Crippen molar-refractivity contribution in [3.63, 3.8) is 0 Å². The summed E-state index contributed by atoms with van der Waals surface area (Å²) in [7, 11) is -3.18. The molecule has 17 heavy (non-hydrogen) atoms. The Morgan fingerprint density at radius 3 is 3.12 bits per heavy atom. The molecule has 2 N–H and O–H groups in total. The van der Waals surface area contributed by atoms with Gasteiger partial charge in [-0.3, -0.25) is 0 Å². The van der Waals surface area contributed by atoms with E-state index < -0.39 is 10.0 Å². The van der Waals surface area contributed by atoms with Crippen LogP contribution in [0.15, 0.2) is 11.6 Å². The molecular formula is C10H17N3O2S2. The van der Waals surface area contributed by atoms with Crippen molar-refractivity contribution in [3.05, 3.63) is 16.6 Å². The summed E-state index contributed by atoms with van der Waals surface area (Å²) in [5.41, 5.74) is 0. The molecule has 7 heteroatoms. The van der Waals surface area contributed by atoms with Crippen molar-refractivity contribution in [2.75, 3.05) is 18.8 Å². The van der Waals surface area contributed by atoms with Crippen LogP contribution in [0.3, 0.4) is 0 Å². The lowest BCUT2D eigenvalue weighted by molar-refractivity contribution is 0.402. The topological polar surface area (TPSA) is 71.1 Å². The highest BCUT2D eigenvalue weighted by molar-refractivity contribution is 7.89. The van der Waals surface area contributed by atoms with Gasteiger partial charge in [0.1, 0.15) is 5.01 Å². The van der Waals surface area contributed by atoms with Gasteiger partial charge in [0.2, 0.25) is 10.0 Å². The summed E-state index contributed by atoms with van der Waals surface area (Å²) in [6.45, 7) is 2.11. The molecule has 96 valence electrons. The van der Waals surface area contributed by atoms with Gasteiger partial charge in [-0.1, -0.05) is 0 Å². The summed E-state index contributed by atoms with van der Waals surface area (Å²) >= 11 is 1.46. The fourth-order valence-corrected chi connectivity index (χ4v) is 3.97. The van der Waals surface area contributed by atoms with Crippen LogP contribution in [-0.4, -0.2) is 32.2 Å². The Balaban J connectivity index is 1.81. The van der Waals surface area contributed by atoms with E-state index in [1.165, 1.54) is 11.3 Å². The van der Waals surface area contributed by atoms with Crippen LogP contribution in [0, 0.1) is 5.92 Å². The molecule has 0 amide bonds. The third-order valence-corrected chi connectivity index (χ3v) is 5.05. The Hall–Kier alpha value is -0.500. The molecule has 0 spiro atoms. The van der Waals surface area contributed by atoms with E-state index in [1.54, 1.807) is 6.20 Å². The van der Waals surface area contributed by atoms with Gasteiger partial charge in [0.05, 0.1) is 12.3 Å². The molecule has 1 atom stereocenters. The highest BCUT2D eigenvalue weighted by Crippen LogP contribution is 2.12. The number of hydrogen-bond acceptors (Lipinski definition) is 5. The minimum absolute atomic E-state index is 0.214. The first-order valence-electron chi connectivity index (χ1n) is 5.72. The molecule has 2 rings (SSSR count). The predicted molar refractivity (Wildman–Crippen MR) is 68.3 cm³/mol. The minimum atomic E-state index is -3.18. The number of aromatic nitrogens is 1. The summed E-state index contributed by atoms with van der Waals surface area (Å²) in [6.07, 6.45) is 3.73. The van der Waals surface area contributed by atoms with Gasteiger partial charge in [-0.2, -0.15) is 0 Å². The molecule has 5 nitrogen and oxygen atoms in total. The van der Waals surface area contributed by atoms with Gasteiger partial charge in [0, 0.05) is 11.6 Å². The second-order valence-corrected chi connectivity index (χ2v) is 7.07. The first kappa shape index (κ1) is 12.9. The lowest BCUT2D eigenvalue weighted by atomic mass is 10.0. The van der Waals surface area contributed by atoms with Gasteiger partial charge < -0.3 is 5.32 Å². The Morgan fingerprint density at radius 2 is 2.47 bits per heavy atom. The minimum Gasteiger partial charge on any atom is -0.316 e. The number of thiazole rings is 1. The van der Waals surface area contributed by atoms with Crippen LogP contribution in [0.5, 0.6) is 0 Å². The molecule has 0 saturated carbocycles. The SMILES string of the molecule is O=S(=O)(CC1CCCNC1)NCc1nccs1. The summed E-state index contributed by atoms with van der Waals surface area (Å²) in [5, 5.41) is 5.87. The molecule has 0 aromatic carbocycles. The monoisotopic (exact) mass is 275 g/mol. The van der Waals surface area contributed by atoms with Crippen LogP contribution >= 0.6 is 11.3 Å². The van der Waals surface area contributed by atoms with Gasteiger partial charge in [-0.05, 0) is 31.8 Å². The average Bonchev–Trinajstić information content (AvgIpc) is 2.80. The summed E-state index contributed by atoms with van der Waals surface area (Å²) in [4.78, 5) is 4.05. The van der Waals surface area contributed by atoms with Crippen LogP contribution in [0.1, 0.15) is 17.8 Å². The first-order valence-corrected chi connectivity index (χ1v) is 8.25. The number of sulfonamides is 1. The Bertz CT molecular complexity index is 424. The van der Waals surface area contributed by atoms with E-state index in [9.17, 15) is 8.42 Å². The fourth-order valence-electron chi connectivity index (χ4n) is 1.95. The molecule has 0 radical (unpaired) electrons. The molecule has 1 aromatic rings. The highest BCUT2D eigenvalue weighted by atomic mass is 32.2. The van der Waals surface area contributed by atoms with E-state index in [0.717, 1.165) is 30.9 Å². The quantitative estimate of drug-likeness (QED) is 0.824. The van der Waals surface area contributed by atoms with Crippen molar-refractivity contribution in [2.24, 2.45) is 5.92 Å². The zero-order valence-corrected chi connectivity index (χ0v) is 11.2. The smallest absolute Gasteiger partial charge is 0.212 e. The normalized spacial score (nSPS) is 21.5. The van der Waals surface area contributed by atoms with Crippen LogP contribution in [0.4, 0.5) is 0 Å².